The van der Waals surface area contributed by atoms with Gasteiger partial charge in [-0.25, -0.2) is 8.42 Å². The summed E-state index contributed by atoms with van der Waals surface area (Å²) in [6.45, 7) is 4.96. The average molecular weight is 451 g/mol. The number of amides is 1. The summed E-state index contributed by atoms with van der Waals surface area (Å²) in [6.07, 6.45) is 2.01. The topological polar surface area (TPSA) is 66.5 Å². The molecular formula is C20H23BrN2O3S. The van der Waals surface area contributed by atoms with Crippen molar-refractivity contribution >= 4 is 43.2 Å². The van der Waals surface area contributed by atoms with Crippen molar-refractivity contribution in [2.24, 2.45) is 5.92 Å². The molecule has 0 saturated heterocycles. The number of aryl methyl sites for hydroxylation is 1. The van der Waals surface area contributed by atoms with Crippen LogP contribution in [0, 0.1) is 5.92 Å². The van der Waals surface area contributed by atoms with Crippen LogP contribution in [0.15, 0.2) is 51.8 Å². The lowest BCUT2D eigenvalue weighted by atomic mass is 9.99. The van der Waals surface area contributed by atoms with Crippen LogP contribution >= 0.6 is 15.9 Å². The van der Waals surface area contributed by atoms with E-state index < -0.39 is 10.0 Å². The van der Waals surface area contributed by atoms with Gasteiger partial charge in [-0.3, -0.25) is 9.52 Å². The number of benzene rings is 2. The standard InChI is InChI=1S/C20H23BrN2O3S/c1-14(2)11-12-23-19-9-6-17(13-15(19)3-10-20(23)24)22-27(25,26)18-7-4-16(21)5-8-18/h4-9,13-14,22H,3,10-12H2,1-2H3. The molecule has 2 aromatic rings. The molecule has 0 radical (unpaired) electrons. The molecule has 0 saturated carbocycles. The summed E-state index contributed by atoms with van der Waals surface area (Å²) in [5, 5.41) is 0. The Bertz CT molecular complexity index is 940. The number of hydrogen-bond acceptors (Lipinski definition) is 3. The molecule has 1 aliphatic heterocycles. The number of carbonyl (C=O) groups is 1. The lowest BCUT2D eigenvalue weighted by molar-refractivity contribution is -0.118. The lowest BCUT2D eigenvalue weighted by Crippen LogP contribution is -2.36. The summed E-state index contributed by atoms with van der Waals surface area (Å²) in [5.74, 6) is 0.645. The van der Waals surface area contributed by atoms with Crippen molar-refractivity contribution in [3.63, 3.8) is 0 Å². The van der Waals surface area contributed by atoms with E-state index in [2.05, 4.69) is 34.5 Å². The van der Waals surface area contributed by atoms with Crippen LogP contribution in [0.1, 0.15) is 32.3 Å². The quantitative estimate of drug-likeness (QED) is 0.700. The van der Waals surface area contributed by atoms with Gasteiger partial charge in [0.25, 0.3) is 10.0 Å². The Balaban J connectivity index is 1.83. The van der Waals surface area contributed by atoms with Gasteiger partial charge in [0, 0.05) is 28.8 Å². The van der Waals surface area contributed by atoms with Crippen LogP contribution in [0.5, 0.6) is 0 Å². The van der Waals surface area contributed by atoms with Gasteiger partial charge in [-0.2, -0.15) is 0 Å². The van der Waals surface area contributed by atoms with E-state index >= 15 is 0 Å². The summed E-state index contributed by atoms with van der Waals surface area (Å²) in [6, 6.07) is 11.9. The van der Waals surface area contributed by atoms with Crippen molar-refractivity contribution < 1.29 is 13.2 Å². The number of sulfonamides is 1. The predicted molar refractivity (Wildman–Crippen MR) is 112 cm³/mol. The first kappa shape index (κ1) is 19.9. The summed E-state index contributed by atoms with van der Waals surface area (Å²) in [4.78, 5) is 14.3. The second-order valence-corrected chi connectivity index (χ2v) is 9.73. The predicted octanol–water partition coefficient (Wildman–Crippen LogP) is 4.58. The monoisotopic (exact) mass is 450 g/mol. The molecule has 144 valence electrons. The smallest absolute Gasteiger partial charge is 0.261 e. The Morgan fingerprint density at radius 1 is 1.11 bits per heavy atom. The molecule has 3 rings (SSSR count). The van der Waals surface area contributed by atoms with E-state index in [9.17, 15) is 13.2 Å². The van der Waals surface area contributed by atoms with Crippen LogP contribution < -0.4 is 9.62 Å². The van der Waals surface area contributed by atoms with Crippen LogP contribution in [-0.2, 0) is 21.2 Å². The Labute approximate surface area is 169 Å². The molecule has 1 N–H and O–H groups in total. The molecule has 0 aromatic heterocycles. The van der Waals surface area contributed by atoms with Gasteiger partial charge in [0.15, 0.2) is 0 Å². The normalized spacial score (nSPS) is 14.4. The summed E-state index contributed by atoms with van der Waals surface area (Å²) < 4.78 is 28.6. The third kappa shape index (κ3) is 4.71. The highest BCUT2D eigenvalue weighted by molar-refractivity contribution is 9.10. The molecular weight excluding hydrogens is 428 g/mol. The molecule has 0 fully saturated rings. The SMILES string of the molecule is CC(C)CCN1C(=O)CCc2cc(NS(=O)(=O)c3ccc(Br)cc3)ccc21. The van der Waals surface area contributed by atoms with Crippen LogP contribution in [0.4, 0.5) is 11.4 Å². The van der Waals surface area contributed by atoms with Crippen LogP contribution in [0.2, 0.25) is 0 Å². The highest BCUT2D eigenvalue weighted by Gasteiger charge is 2.25. The molecule has 0 unspecified atom stereocenters. The van der Waals surface area contributed by atoms with E-state index in [1.807, 2.05) is 17.0 Å². The van der Waals surface area contributed by atoms with E-state index in [-0.39, 0.29) is 10.8 Å². The zero-order valence-corrected chi connectivity index (χ0v) is 17.8. The number of carbonyl (C=O) groups excluding carboxylic acids is 1. The first-order valence-electron chi connectivity index (χ1n) is 8.98. The van der Waals surface area contributed by atoms with Crippen molar-refractivity contribution in [1.29, 1.82) is 0 Å². The van der Waals surface area contributed by atoms with Crippen LogP contribution in [0.25, 0.3) is 0 Å². The molecule has 1 aliphatic rings. The molecule has 5 nitrogen and oxygen atoms in total. The fraction of sp³-hybridized carbons (Fsp3) is 0.350. The second-order valence-electron chi connectivity index (χ2n) is 7.13. The average Bonchev–Trinajstić information content (AvgIpc) is 2.61. The van der Waals surface area contributed by atoms with Crippen molar-refractivity contribution in [2.45, 2.75) is 38.0 Å². The van der Waals surface area contributed by atoms with Gasteiger partial charge in [-0.05, 0) is 66.8 Å². The summed E-state index contributed by atoms with van der Waals surface area (Å²) >= 11 is 3.30. The van der Waals surface area contributed by atoms with E-state index in [0.29, 0.717) is 31.0 Å². The third-order valence-electron chi connectivity index (χ3n) is 4.59. The van der Waals surface area contributed by atoms with Gasteiger partial charge in [0.2, 0.25) is 5.91 Å². The van der Waals surface area contributed by atoms with E-state index in [0.717, 1.165) is 22.1 Å². The number of anilines is 2. The van der Waals surface area contributed by atoms with Crippen LogP contribution in [0.3, 0.4) is 0 Å². The zero-order chi connectivity index (χ0) is 19.6. The minimum Gasteiger partial charge on any atom is -0.312 e. The molecule has 1 amide bonds. The summed E-state index contributed by atoms with van der Waals surface area (Å²) in [5.41, 5.74) is 2.39. The van der Waals surface area contributed by atoms with Gasteiger partial charge in [-0.15, -0.1) is 0 Å². The fourth-order valence-corrected chi connectivity index (χ4v) is 4.40. The number of fused-ring (bicyclic) bond motifs is 1. The fourth-order valence-electron chi connectivity index (χ4n) is 3.08. The first-order chi connectivity index (χ1) is 12.8. The van der Waals surface area contributed by atoms with Crippen LogP contribution in [-0.4, -0.2) is 20.9 Å². The molecule has 0 bridgehead atoms. The second kappa shape index (κ2) is 8.02. The maximum absolute atomic E-state index is 12.6. The van der Waals surface area contributed by atoms with Crippen molar-refractivity contribution in [1.82, 2.24) is 0 Å². The molecule has 27 heavy (non-hydrogen) atoms. The van der Waals surface area contributed by atoms with Crippen molar-refractivity contribution in [3.8, 4) is 0 Å². The van der Waals surface area contributed by atoms with Gasteiger partial charge < -0.3 is 4.90 Å². The summed E-state index contributed by atoms with van der Waals surface area (Å²) in [7, 11) is -3.65. The molecule has 0 aliphatic carbocycles. The van der Waals surface area contributed by atoms with E-state index in [1.54, 1.807) is 30.3 Å². The van der Waals surface area contributed by atoms with Gasteiger partial charge in [-0.1, -0.05) is 29.8 Å². The Morgan fingerprint density at radius 3 is 2.48 bits per heavy atom. The minimum atomic E-state index is -3.65. The highest BCUT2D eigenvalue weighted by atomic mass is 79.9. The van der Waals surface area contributed by atoms with E-state index in [4.69, 9.17) is 0 Å². The first-order valence-corrected chi connectivity index (χ1v) is 11.3. The van der Waals surface area contributed by atoms with Gasteiger partial charge >= 0.3 is 0 Å². The number of nitrogens with zero attached hydrogens (tertiary/aromatic N) is 1. The van der Waals surface area contributed by atoms with Crippen molar-refractivity contribution in [2.75, 3.05) is 16.2 Å². The molecule has 0 atom stereocenters. The minimum absolute atomic E-state index is 0.131. The maximum atomic E-state index is 12.6. The number of halogens is 1. The lowest BCUT2D eigenvalue weighted by Gasteiger charge is -2.30. The number of nitrogens with one attached hydrogen (secondary N) is 1. The molecule has 0 spiro atoms. The highest BCUT2D eigenvalue weighted by Crippen LogP contribution is 2.31. The number of hydrogen-bond donors (Lipinski definition) is 1. The largest absolute Gasteiger partial charge is 0.312 e. The molecule has 2 aromatic carbocycles. The Kier molecular flexibility index (Phi) is 5.91. The third-order valence-corrected chi connectivity index (χ3v) is 6.51. The van der Waals surface area contributed by atoms with Gasteiger partial charge in [0.05, 0.1) is 4.90 Å². The number of rotatable bonds is 6. The van der Waals surface area contributed by atoms with Gasteiger partial charge in [0.1, 0.15) is 0 Å². The van der Waals surface area contributed by atoms with E-state index in [1.165, 1.54) is 0 Å². The molecule has 7 heteroatoms. The Hall–Kier alpha value is -1.86. The Morgan fingerprint density at radius 2 is 1.81 bits per heavy atom. The maximum Gasteiger partial charge on any atom is 0.261 e. The molecule has 1 heterocycles. The van der Waals surface area contributed by atoms with Crippen molar-refractivity contribution in [3.05, 3.63) is 52.5 Å². The zero-order valence-electron chi connectivity index (χ0n) is 15.4.